The fraction of sp³-hybridized carbons (Fsp3) is 0.0698. The molecule has 0 saturated heterocycles. The number of hydrogen-bond acceptors (Lipinski definition) is 1. The van der Waals surface area contributed by atoms with Crippen molar-refractivity contribution < 1.29 is 0 Å². The summed E-state index contributed by atoms with van der Waals surface area (Å²) in [4.78, 5) is 0. The molecule has 2 aromatic heterocycles. The van der Waals surface area contributed by atoms with Gasteiger partial charge in [0.15, 0.2) is 0 Å². The summed E-state index contributed by atoms with van der Waals surface area (Å²) >= 11 is 1.92. The first-order valence-corrected chi connectivity index (χ1v) is 16.5. The van der Waals surface area contributed by atoms with Gasteiger partial charge in [-0.05, 0) is 63.5 Å². The van der Waals surface area contributed by atoms with Gasteiger partial charge in [-0.25, -0.2) is 0 Å². The summed E-state index contributed by atoms with van der Waals surface area (Å²) in [6.45, 7) is 4.71. The highest BCUT2D eigenvalue weighted by Gasteiger charge is 2.35. The molecule has 0 atom stereocenters. The first kappa shape index (κ1) is 25.2. The van der Waals surface area contributed by atoms with Gasteiger partial charge in [0, 0.05) is 47.3 Å². The van der Waals surface area contributed by atoms with E-state index in [1.54, 1.807) is 0 Å². The molecule has 7 aromatic carbocycles. The standard InChI is InChI=1S/C43H29NS/c1-43(2)35-18-8-5-15-29(35)33-24-27(22-23-36(33)43)32-25-34-30-16-6-9-19-38(30)44(37-20-11-13-26-12-3-4-14-28(26)37)41(34)40-31-17-7-10-21-39(31)45-42(32)40/h3-25H,1-2H3. The molecular weight excluding hydrogens is 563 g/mol. The number of para-hydroxylation sites is 1. The molecule has 0 fully saturated rings. The molecule has 2 heteroatoms. The van der Waals surface area contributed by atoms with Crippen LogP contribution in [-0.2, 0) is 5.41 Å². The van der Waals surface area contributed by atoms with E-state index in [4.69, 9.17) is 0 Å². The van der Waals surface area contributed by atoms with Gasteiger partial charge in [-0.1, -0.05) is 123 Å². The smallest absolute Gasteiger partial charge is 0.0634 e. The van der Waals surface area contributed by atoms with Crippen molar-refractivity contribution in [2.45, 2.75) is 19.3 Å². The first-order chi connectivity index (χ1) is 22.1. The number of thiophene rings is 1. The molecule has 0 saturated carbocycles. The minimum atomic E-state index is -0.00672. The Bertz CT molecular complexity index is 2680. The molecule has 0 bridgehead atoms. The van der Waals surface area contributed by atoms with E-state index in [2.05, 4.69) is 158 Å². The molecule has 0 unspecified atom stereocenters. The van der Waals surface area contributed by atoms with Crippen molar-refractivity contribution in [3.63, 3.8) is 0 Å². The maximum atomic E-state index is 2.53. The van der Waals surface area contributed by atoms with E-state index in [0.717, 1.165) is 0 Å². The second-order valence-corrected chi connectivity index (χ2v) is 14.0. The Labute approximate surface area is 265 Å². The average Bonchev–Trinajstić information content (AvgIpc) is 3.70. The fourth-order valence-electron chi connectivity index (χ4n) is 8.09. The van der Waals surface area contributed by atoms with Crippen LogP contribution < -0.4 is 0 Å². The molecule has 0 N–H and O–H groups in total. The Kier molecular flexibility index (Phi) is 5.00. The van der Waals surface area contributed by atoms with Crippen molar-refractivity contribution >= 4 is 64.1 Å². The number of aromatic nitrogens is 1. The van der Waals surface area contributed by atoms with Crippen LogP contribution in [0.2, 0.25) is 0 Å². The van der Waals surface area contributed by atoms with Crippen LogP contribution in [0.15, 0.2) is 140 Å². The van der Waals surface area contributed by atoms with Crippen molar-refractivity contribution in [3.05, 3.63) is 151 Å². The molecule has 10 rings (SSSR count). The molecule has 0 amide bonds. The molecule has 1 aliphatic carbocycles. The monoisotopic (exact) mass is 591 g/mol. The van der Waals surface area contributed by atoms with E-state index in [1.165, 1.54) is 91.8 Å². The second-order valence-electron chi connectivity index (χ2n) is 12.9. The zero-order valence-corrected chi connectivity index (χ0v) is 26.0. The molecule has 2 heterocycles. The summed E-state index contributed by atoms with van der Waals surface area (Å²) in [6, 6.07) is 51.9. The second kappa shape index (κ2) is 8.94. The topological polar surface area (TPSA) is 4.93 Å². The van der Waals surface area contributed by atoms with E-state index in [9.17, 15) is 0 Å². The SMILES string of the molecule is CC1(C)c2ccccc2-c2cc(-c3cc4c5ccccc5n(-c5cccc6ccccc56)c4c4c3sc3ccccc34)ccc21. The minimum Gasteiger partial charge on any atom is -0.308 e. The lowest BCUT2D eigenvalue weighted by Crippen LogP contribution is -2.14. The van der Waals surface area contributed by atoms with Gasteiger partial charge in [0.25, 0.3) is 0 Å². The Hall–Kier alpha value is -5.18. The number of fused-ring (bicyclic) bond motifs is 11. The summed E-state index contributed by atoms with van der Waals surface area (Å²) in [6.07, 6.45) is 0. The van der Waals surface area contributed by atoms with Crippen LogP contribution in [0.3, 0.4) is 0 Å². The van der Waals surface area contributed by atoms with Gasteiger partial charge in [0.05, 0.1) is 16.7 Å². The lowest BCUT2D eigenvalue weighted by atomic mass is 9.82. The van der Waals surface area contributed by atoms with E-state index in [0.29, 0.717) is 0 Å². The Morgan fingerprint density at radius 3 is 2.16 bits per heavy atom. The number of benzene rings is 7. The maximum absolute atomic E-state index is 2.53. The lowest BCUT2D eigenvalue weighted by Gasteiger charge is -2.21. The molecule has 0 radical (unpaired) electrons. The normalized spacial score (nSPS) is 13.7. The predicted octanol–water partition coefficient (Wildman–Crippen LogP) is 12.3. The van der Waals surface area contributed by atoms with E-state index in [1.807, 2.05) is 11.3 Å². The molecule has 9 aromatic rings. The van der Waals surface area contributed by atoms with Crippen LogP contribution in [0.1, 0.15) is 25.0 Å². The van der Waals surface area contributed by atoms with Gasteiger partial charge >= 0.3 is 0 Å². The van der Waals surface area contributed by atoms with Crippen LogP contribution in [0.25, 0.3) is 80.7 Å². The summed E-state index contributed by atoms with van der Waals surface area (Å²) in [5, 5.41) is 7.76. The Morgan fingerprint density at radius 1 is 0.533 bits per heavy atom. The van der Waals surface area contributed by atoms with Gasteiger partial charge in [-0.15, -0.1) is 11.3 Å². The van der Waals surface area contributed by atoms with Crippen molar-refractivity contribution in [1.29, 1.82) is 0 Å². The minimum absolute atomic E-state index is 0.00672. The summed E-state index contributed by atoms with van der Waals surface area (Å²) in [7, 11) is 0. The molecule has 0 aliphatic heterocycles. The highest BCUT2D eigenvalue weighted by Crippen LogP contribution is 2.52. The van der Waals surface area contributed by atoms with Crippen LogP contribution in [-0.4, -0.2) is 4.57 Å². The quantitative estimate of drug-likeness (QED) is 0.188. The molecule has 212 valence electrons. The zero-order valence-electron chi connectivity index (χ0n) is 25.1. The summed E-state index contributed by atoms with van der Waals surface area (Å²) in [5.74, 6) is 0. The predicted molar refractivity (Wildman–Crippen MR) is 194 cm³/mol. The van der Waals surface area contributed by atoms with E-state index >= 15 is 0 Å². The van der Waals surface area contributed by atoms with Gasteiger partial charge in [0.1, 0.15) is 0 Å². The van der Waals surface area contributed by atoms with Gasteiger partial charge < -0.3 is 4.57 Å². The van der Waals surface area contributed by atoms with Crippen LogP contribution in [0.4, 0.5) is 0 Å². The van der Waals surface area contributed by atoms with Crippen LogP contribution in [0.5, 0.6) is 0 Å². The molecular formula is C43H29NS. The molecule has 1 aliphatic rings. The molecule has 1 nitrogen and oxygen atoms in total. The first-order valence-electron chi connectivity index (χ1n) is 15.7. The van der Waals surface area contributed by atoms with Crippen LogP contribution in [0, 0.1) is 0 Å². The number of nitrogens with zero attached hydrogens (tertiary/aromatic N) is 1. The van der Waals surface area contributed by atoms with Crippen LogP contribution >= 0.6 is 11.3 Å². The molecule has 45 heavy (non-hydrogen) atoms. The third-order valence-corrected chi connectivity index (χ3v) is 11.4. The zero-order chi connectivity index (χ0) is 29.9. The van der Waals surface area contributed by atoms with Gasteiger partial charge in [-0.2, -0.15) is 0 Å². The summed E-state index contributed by atoms with van der Waals surface area (Å²) < 4.78 is 5.20. The third kappa shape index (κ3) is 3.32. The lowest BCUT2D eigenvalue weighted by molar-refractivity contribution is 0.660. The highest BCUT2D eigenvalue weighted by molar-refractivity contribution is 7.26. The van der Waals surface area contributed by atoms with Crippen molar-refractivity contribution in [3.8, 4) is 27.9 Å². The Morgan fingerprint density at radius 2 is 1.24 bits per heavy atom. The van der Waals surface area contributed by atoms with Gasteiger partial charge in [-0.3, -0.25) is 0 Å². The van der Waals surface area contributed by atoms with E-state index < -0.39 is 0 Å². The average molecular weight is 592 g/mol. The third-order valence-electron chi connectivity index (χ3n) is 10.2. The largest absolute Gasteiger partial charge is 0.308 e. The summed E-state index contributed by atoms with van der Waals surface area (Å²) in [5.41, 5.74) is 11.9. The fourth-order valence-corrected chi connectivity index (χ4v) is 9.34. The Balaban J connectivity index is 1.37. The van der Waals surface area contributed by atoms with Crippen molar-refractivity contribution in [1.82, 2.24) is 4.57 Å². The van der Waals surface area contributed by atoms with E-state index in [-0.39, 0.29) is 5.41 Å². The van der Waals surface area contributed by atoms with Gasteiger partial charge in [0.2, 0.25) is 0 Å². The number of hydrogen-bond donors (Lipinski definition) is 0. The maximum Gasteiger partial charge on any atom is 0.0634 e. The highest BCUT2D eigenvalue weighted by atomic mass is 32.1. The number of rotatable bonds is 2. The van der Waals surface area contributed by atoms with Crippen molar-refractivity contribution in [2.75, 3.05) is 0 Å². The molecule has 0 spiro atoms. The van der Waals surface area contributed by atoms with Crippen molar-refractivity contribution in [2.24, 2.45) is 0 Å².